The molecule has 1 atom stereocenters. The average Bonchev–Trinajstić information content (AvgIpc) is 1.95. The number of unbranched alkanes of at least 4 members (excludes halogenated alkanes) is 1. The normalized spacial score (nSPS) is 14.8. The second-order valence-corrected chi connectivity index (χ2v) is 10.5. The van der Waals surface area contributed by atoms with Crippen LogP contribution in [-0.2, 0) is 0 Å². The molecule has 0 aliphatic rings. The van der Waals surface area contributed by atoms with Gasteiger partial charge in [-0.3, -0.25) is 0 Å². The topological polar surface area (TPSA) is 20.2 Å². The van der Waals surface area contributed by atoms with Gasteiger partial charge in [0, 0.05) is 14.7 Å². The summed E-state index contributed by atoms with van der Waals surface area (Å²) in [4.78, 5) is 0. The third-order valence-corrected chi connectivity index (χ3v) is 3.93. The van der Waals surface area contributed by atoms with E-state index in [1.807, 2.05) is 0 Å². The molecule has 0 rings (SSSR count). The smallest absolute Gasteiger partial charge is 0.0456 e. The van der Waals surface area contributed by atoms with Crippen LogP contribution in [0.4, 0.5) is 0 Å². The molecule has 0 aromatic heterocycles. The van der Waals surface area contributed by atoms with Crippen molar-refractivity contribution in [1.82, 2.24) is 0 Å². The van der Waals surface area contributed by atoms with Crippen molar-refractivity contribution in [1.29, 1.82) is 0 Å². The highest BCUT2D eigenvalue weighted by molar-refractivity contribution is 6.76. The highest BCUT2D eigenvalue weighted by Crippen LogP contribution is 2.20. The van der Waals surface area contributed by atoms with E-state index in [0.717, 1.165) is 0 Å². The first kappa shape index (κ1) is 12.2. The molecule has 2 heteroatoms. The molecule has 0 aromatic rings. The molecule has 0 spiro atoms. The van der Waals surface area contributed by atoms with Crippen molar-refractivity contribution in [3.8, 4) is 0 Å². The van der Waals surface area contributed by atoms with E-state index >= 15 is 0 Å². The minimum atomic E-state index is -0.951. The van der Waals surface area contributed by atoms with Gasteiger partial charge in [0.1, 0.15) is 0 Å². The maximum Gasteiger partial charge on any atom is 0.0456 e. The first-order chi connectivity index (χ1) is 5.49. The highest BCUT2D eigenvalue weighted by atomic mass is 28.3. The van der Waals surface area contributed by atoms with Gasteiger partial charge in [-0.15, -0.1) is 0 Å². The third kappa shape index (κ3) is 6.86. The van der Waals surface area contributed by atoms with Crippen molar-refractivity contribution in [3.05, 3.63) is 0 Å². The second-order valence-electron chi connectivity index (χ2n) is 4.96. The van der Waals surface area contributed by atoms with Crippen LogP contribution in [0.3, 0.4) is 0 Å². The van der Waals surface area contributed by atoms with E-state index in [0.29, 0.717) is 12.5 Å². The van der Waals surface area contributed by atoms with Gasteiger partial charge in [-0.25, -0.2) is 0 Å². The average molecular weight is 188 g/mol. The summed E-state index contributed by atoms with van der Waals surface area (Å²) in [7, 11) is -0.951. The summed E-state index contributed by atoms with van der Waals surface area (Å²) in [5, 5.41) is 9.14. The summed E-state index contributed by atoms with van der Waals surface area (Å²) in [6.45, 7) is 9.73. The Morgan fingerprint density at radius 1 is 1.25 bits per heavy atom. The van der Waals surface area contributed by atoms with E-state index in [9.17, 15) is 0 Å². The Kier molecular flexibility index (Phi) is 5.84. The molecule has 0 radical (unpaired) electrons. The molecular weight excluding hydrogens is 164 g/mol. The molecule has 0 aliphatic heterocycles. The first-order valence-electron chi connectivity index (χ1n) is 5.10. The molecular formula is C10H24OSi. The van der Waals surface area contributed by atoms with Crippen molar-refractivity contribution in [2.45, 2.75) is 51.9 Å². The van der Waals surface area contributed by atoms with Crippen LogP contribution in [0.2, 0.25) is 25.7 Å². The molecule has 0 bridgehead atoms. The molecule has 1 N–H and O–H groups in total. The van der Waals surface area contributed by atoms with E-state index < -0.39 is 8.07 Å². The standard InChI is InChI=1S/C10H24OSi/c1-5-6-7-10(8-11)9-12(2,3)4/h10-11H,5-9H2,1-4H3. The minimum Gasteiger partial charge on any atom is -0.396 e. The molecule has 0 fully saturated rings. The minimum absolute atomic E-state index is 0.393. The van der Waals surface area contributed by atoms with Crippen molar-refractivity contribution in [3.63, 3.8) is 0 Å². The predicted molar refractivity (Wildman–Crippen MR) is 58.3 cm³/mol. The number of rotatable bonds is 6. The molecule has 0 heterocycles. The Labute approximate surface area is 78.2 Å². The lowest BCUT2D eigenvalue weighted by atomic mass is 10.1. The second kappa shape index (κ2) is 5.76. The van der Waals surface area contributed by atoms with Crippen LogP contribution in [0.1, 0.15) is 26.2 Å². The van der Waals surface area contributed by atoms with E-state index in [-0.39, 0.29) is 0 Å². The van der Waals surface area contributed by atoms with Crippen LogP contribution >= 0.6 is 0 Å². The van der Waals surface area contributed by atoms with Crippen LogP contribution in [0, 0.1) is 5.92 Å². The molecule has 1 unspecified atom stereocenters. The van der Waals surface area contributed by atoms with E-state index in [1.165, 1.54) is 25.3 Å². The predicted octanol–water partition coefficient (Wildman–Crippen LogP) is 3.12. The van der Waals surface area contributed by atoms with Crippen molar-refractivity contribution in [2.75, 3.05) is 6.61 Å². The lowest BCUT2D eigenvalue weighted by Gasteiger charge is -2.22. The molecule has 74 valence electrons. The van der Waals surface area contributed by atoms with Gasteiger partial charge in [-0.05, 0) is 12.3 Å². The number of hydrogen-bond donors (Lipinski definition) is 1. The Balaban J connectivity index is 3.67. The van der Waals surface area contributed by atoms with Crippen LogP contribution in [0.25, 0.3) is 0 Å². The van der Waals surface area contributed by atoms with Gasteiger partial charge in [0.05, 0.1) is 0 Å². The van der Waals surface area contributed by atoms with Crippen molar-refractivity contribution in [2.24, 2.45) is 5.92 Å². The Hall–Kier alpha value is 0.177. The number of hydrogen-bond acceptors (Lipinski definition) is 1. The fourth-order valence-corrected chi connectivity index (χ4v) is 3.68. The van der Waals surface area contributed by atoms with Crippen LogP contribution in [-0.4, -0.2) is 19.8 Å². The monoisotopic (exact) mass is 188 g/mol. The summed E-state index contributed by atoms with van der Waals surface area (Å²) in [6, 6.07) is 1.28. The molecule has 0 amide bonds. The van der Waals surface area contributed by atoms with Gasteiger partial charge in [0.2, 0.25) is 0 Å². The van der Waals surface area contributed by atoms with Gasteiger partial charge in [-0.1, -0.05) is 45.5 Å². The number of aliphatic hydroxyl groups is 1. The highest BCUT2D eigenvalue weighted by Gasteiger charge is 2.19. The fourth-order valence-electron chi connectivity index (χ4n) is 1.62. The van der Waals surface area contributed by atoms with Crippen molar-refractivity contribution >= 4 is 8.07 Å². The zero-order valence-corrected chi connectivity index (χ0v) is 10.1. The summed E-state index contributed by atoms with van der Waals surface area (Å²) in [6.07, 6.45) is 3.75. The molecule has 0 saturated heterocycles. The van der Waals surface area contributed by atoms with E-state index in [4.69, 9.17) is 5.11 Å². The SMILES string of the molecule is CCCCC(CO)C[Si](C)(C)C. The largest absolute Gasteiger partial charge is 0.396 e. The maximum absolute atomic E-state index is 9.14. The van der Waals surface area contributed by atoms with Gasteiger partial charge in [0.15, 0.2) is 0 Å². The maximum atomic E-state index is 9.14. The Morgan fingerprint density at radius 3 is 2.17 bits per heavy atom. The molecule has 1 nitrogen and oxygen atoms in total. The van der Waals surface area contributed by atoms with E-state index in [2.05, 4.69) is 26.6 Å². The van der Waals surface area contributed by atoms with Crippen LogP contribution in [0.15, 0.2) is 0 Å². The van der Waals surface area contributed by atoms with Gasteiger partial charge in [0.25, 0.3) is 0 Å². The quantitative estimate of drug-likeness (QED) is 0.635. The fraction of sp³-hybridized carbons (Fsp3) is 1.00. The first-order valence-corrected chi connectivity index (χ1v) is 8.81. The zero-order valence-electron chi connectivity index (χ0n) is 9.06. The van der Waals surface area contributed by atoms with Gasteiger partial charge in [-0.2, -0.15) is 0 Å². The van der Waals surface area contributed by atoms with Gasteiger partial charge >= 0.3 is 0 Å². The summed E-state index contributed by atoms with van der Waals surface area (Å²) < 4.78 is 0. The molecule has 0 aliphatic carbocycles. The van der Waals surface area contributed by atoms with Crippen LogP contribution < -0.4 is 0 Å². The molecule has 0 saturated carbocycles. The lowest BCUT2D eigenvalue weighted by molar-refractivity contribution is 0.227. The summed E-state index contributed by atoms with van der Waals surface area (Å²) >= 11 is 0. The Morgan fingerprint density at radius 2 is 1.83 bits per heavy atom. The van der Waals surface area contributed by atoms with Crippen molar-refractivity contribution < 1.29 is 5.11 Å². The van der Waals surface area contributed by atoms with Crippen LogP contribution in [0.5, 0.6) is 0 Å². The summed E-state index contributed by atoms with van der Waals surface area (Å²) in [5.74, 6) is 0.580. The van der Waals surface area contributed by atoms with Gasteiger partial charge < -0.3 is 5.11 Å². The summed E-state index contributed by atoms with van der Waals surface area (Å²) in [5.41, 5.74) is 0. The zero-order chi connectivity index (χ0) is 9.61. The molecule has 0 aromatic carbocycles. The third-order valence-electron chi connectivity index (χ3n) is 2.13. The lowest BCUT2D eigenvalue weighted by Crippen LogP contribution is -2.25. The van der Waals surface area contributed by atoms with E-state index in [1.54, 1.807) is 0 Å². The molecule has 12 heavy (non-hydrogen) atoms. The number of aliphatic hydroxyl groups excluding tert-OH is 1. The Bertz CT molecular complexity index is 107.